The molecule has 0 unspecified atom stereocenters. The number of thiazole rings is 1. The molecule has 10 nitrogen and oxygen atoms in total. The fraction of sp³-hybridized carbons (Fsp3) is 0.500. The largest absolute Gasteiger partial charge is 0.383 e. The van der Waals surface area contributed by atoms with Crippen LogP contribution in [0.5, 0.6) is 0 Å². The van der Waals surface area contributed by atoms with Crippen molar-refractivity contribution in [3.05, 3.63) is 53.1 Å². The van der Waals surface area contributed by atoms with Crippen LogP contribution >= 0.6 is 11.3 Å². The van der Waals surface area contributed by atoms with Crippen molar-refractivity contribution in [2.24, 2.45) is 0 Å². The summed E-state index contributed by atoms with van der Waals surface area (Å²) in [6.07, 6.45) is 0. The minimum atomic E-state index is -3.73. The molecule has 1 amide bonds. The molecule has 2 heterocycles. The monoisotopic (exact) mass is 589 g/mol. The van der Waals surface area contributed by atoms with E-state index in [1.807, 2.05) is 0 Å². The number of nitrogens with one attached hydrogen (secondary N) is 1. The predicted molar refractivity (Wildman–Crippen MR) is 159 cm³/mol. The molecule has 0 aliphatic carbocycles. The molecule has 0 radical (unpaired) electrons. The summed E-state index contributed by atoms with van der Waals surface area (Å²) in [7, 11) is -0.674. The van der Waals surface area contributed by atoms with E-state index in [-0.39, 0.29) is 37.1 Å². The molecule has 1 saturated heterocycles. The van der Waals surface area contributed by atoms with Gasteiger partial charge < -0.3 is 19.7 Å². The molecular weight excluding hydrogens is 550 g/mol. The van der Waals surface area contributed by atoms with Gasteiger partial charge in [0.1, 0.15) is 0 Å². The molecule has 1 aromatic heterocycles. The number of methoxy groups -OCH3 is 2. The minimum Gasteiger partial charge on any atom is -0.383 e. The number of piperazine rings is 1. The predicted octanol–water partition coefficient (Wildman–Crippen LogP) is 2.75. The van der Waals surface area contributed by atoms with Gasteiger partial charge in [-0.05, 0) is 49.2 Å². The van der Waals surface area contributed by atoms with Crippen LogP contribution in [0.4, 0.5) is 5.13 Å². The second kappa shape index (κ2) is 13.8. The van der Waals surface area contributed by atoms with Gasteiger partial charge in [-0.3, -0.25) is 9.69 Å². The lowest BCUT2D eigenvalue weighted by Gasteiger charge is -2.34. The Hall–Kier alpha value is -2.61. The highest BCUT2D eigenvalue weighted by molar-refractivity contribution is 7.89. The average Bonchev–Trinajstić information content (AvgIpc) is 3.42. The molecule has 0 bridgehead atoms. The first kappa shape index (κ1) is 30.4. The standard InChI is InChI=1S/C28H39N5O5S2/c1-21-5-6-22(2)26-25(21)30-28(39-26)32-15-13-31(14-16-32)12-11-29-27(34)23-7-9-24(10-8-23)40(35,36)33(17-19-37-3)18-20-38-4/h5-10H,11-20H2,1-4H3,(H,29,34). The molecule has 40 heavy (non-hydrogen) atoms. The van der Waals surface area contributed by atoms with Gasteiger partial charge in [-0.25, -0.2) is 13.4 Å². The summed E-state index contributed by atoms with van der Waals surface area (Å²) < 4.78 is 38.8. The summed E-state index contributed by atoms with van der Waals surface area (Å²) in [6, 6.07) is 10.3. The van der Waals surface area contributed by atoms with E-state index >= 15 is 0 Å². The molecule has 4 rings (SSSR count). The molecule has 0 saturated carbocycles. The van der Waals surface area contributed by atoms with Crippen molar-refractivity contribution in [1.82, 2.24) is 19.5 Å². The van der Waals surface area contributed by atoms with Gasteiger partial charge in [0.25, 0.3) is 5.91 Å². The number of aromatic nitrogens is 1. The lowest BCUT2D eigenvalue weighted by molar-refractivity contribution is 0.0947. The van der Waals surface area contributed by atoms with Gasteiger partial charge in [-0.15, -0.1) is 0 Å². The highest BCUT2D eigenvalue weighted by atomic mass is 32.2. The molecule has 218 valence electrons. The van der Waals surface area contributed by atoms with Gasteiger partial charge in [-0.1, -0.05) is 23.5 Å². The van der Waals surface area contributed by atoms with Gasteiger partial charge in [0.05, 0.1) is 28.3 Å². The Balaban J connectivity index is 1.25. The highest BCUT2D eigenvalue weighted by Gasteiger charge is 2.25. The number of hydrogen-bond donors (Lipinski definition) is 1. The topological polar surface area (TPSA) is 104 Å². The van der Waals surface area contributed by atoms with Crippen molar-refractivity contribution in [2.45, 2.75) is 18.7 Å². The zero-order valence-corrected chi connectivity index (χ0v) is 25.3. The number of sulfonamides is 1. The molecule has 0 spiro atoms. The van der Waals surface area contributed by atoms with Gasteiger partial charge in [0.15, 0.2) is 5.13 Å². The third-order valence-corrected chi connectivity index (χ3v) is 10.3. The molecule has 1 fully saturated rings. The van der Waals surface area contributed by atoms with Crippen LogP contribution in [0.3, 0.4) is 0 Å². The third-order valence-electron chi connectivity index (χ3n) is 7.13. The van der Waals surface area contributed by atoms with Crippen molar-refractivity contribution >= 4 is 42.6 Å². The molecule has 1 N–H and O–H groups in total. The zero-order chi connectivity index (χ0) is 28.7. The van der Waals surface area contributed by atoms with Crippen molar-refractivity contribution in [3.8, 4) is 0 Å². The second-order valence-corrected chi connectivity index (χ2v) is 12.8. The Bertz CT molecular complexity index is 1340. The normalized spacial score (nSPS) is 14.8. The Morgan fingerprint density at radius 1 is 0.975 bits per heavy atom. The number of benzene rings is 2. The molecule has 1 aliphatic heterocycles. The number of rotatable bonds is 13. The van der Waals surface area contributed by atoms with Crippen molar-refractivity contribution in [3.63, 3.8) is 0 Å². The van der Waals surface area contributed by atoms with Crippen LogP contribution < -0.4 is 10.2 Å². The molecular formula is C28H39N5O5S2. The van der Waals surface area contributed by atoms with E-state index in [1.165, 1.54) is 46.5 Å². The maximum Gasteiger partial charge on any atom is 0.251 e. The van der Waals surface area contributed by atoms with Crippen LogP contribution in [0.2, 0.25) is 0 Å². The molecule has 3 aromatic rings. The van der Waals surface area contributed by atoms with Crippen LogP contribution in [0.15, 0.2) is 41.3 Å². The first-order valence-corrected chi connectivity index (χ1v) is 15.7. The minimum absolute atomic E-state index is 0.132. The summed E-state index contributed by atoms with van der Waals surface area (Å²) >= 11 is 1.76. The number of carbonyl (C=O) groups excluding carboxylic acids is 1. The van der Waals surface area contributed by atoms with E-state index in [4.69, 9.17) is 14.5 Å². The number of amides is 1. The van der Waals surface area contributed by atoms with Crippen molar-refractivity contribution in [1.29, 1.82) is 0 Å². The number of ether oxygens (including phenoxy) is 2. The van der Waals surface area contributed by atoms with Crippen LogP contribution in [0, 0.1) is 13.8 Å². The summed E-state index contributed by atoms with van der Waals surface area (Å²) in [5.41, 5.74) is 4.00. The Kier molecular flexibility index (Phi) is 10.5. The summed E-state index contributed by atoms with van der Waals surface area (Å²) in [5, 5.41) is 4.03. The number of aryl methyl sites for hydroxylation is 2. The van der Waals surface area contributed by atoms with E-state index < -0.39 is 10.0 Å². The SMILES string of the molecule is COCCN(CCOC)S(=O)(=O)c1ccc(C(=O)NCCN2CCN(c3nc4c(C)ccc(C)c4s3)CC2)cc1. The first-order chi connectivity index (χ1) is 19.2. The van der Waals surface area contributed by atoms with Crippen LogP contribution in [0.1, 0.15) is 21.5 Å². The number of carbonyl (C=O) groups is 1. The van der Waals surface area contributed by atoms with Gasteiger partial charge >= 0.3 is 0 Å². The number of nitrogens with zero attached hydrogens (tertiary/aromatic N) is 4. The number of fused-ring (bicyclic) bond motifs is 1. The molecule has 0 atom stereocenters. The second-order valence-electron chi connectivity index (χ2n) is 9.87. The van der Waals surface area contributed by atoms with E-state index in [2.05, 4.69) is 41.1 Å². The van der Waals surface area contributed by atoms with Crippen LogP contribution in [0.25, 0.3) is 10.2 Å². The zero-order valence-electron chi connectivity index (χ0n) is 23.7. The fourth-order valence-electron chi connectivity index (χ4n) is 4.64. The summed E-state index contributed by atoms with van der Waals surface area (Å²) in [5.74, 6) is -0.224. The quantitative estimate of drug-likeness (QED) is 0.325. The Morgan fingerprint density at radius 3 is 2.20 bits per heavy atom. The summed E-state index contributed by atoms with van der Waals surface area (Å²) in [6.45, 7) is 10.1. The van der Waals surface area contributed by atoms with Crippen LogP contribution in [-0.2, 0) is 19.5 Å². The Labute approximate surface area is 240 Å². The maximum absolute atomic E-state index is 13.1. The van der Waals surface area contributed by atoms with E-state index in [9.17, 15) is 13.2 Å². The molecule has 1 aliphatic rings. The number of anilines is 1. The van der Waals surface area contributed by atoms with Gasteiger partial charge in [0, 0.05) is 72.1 Å². The van der Waals surface area contributed by atoms with E-state index in [0.717, 1.165) is 43.4 Å². The Morgan fingerprint density at radius 2 is 1.60 bits per heavy atom. The molecule has 12 heteroatoms. The highest BCUT2D eigenvalue weighted by Crippen LogP contribution is 2.33. The van der Waals surface area contributed by atoms with Gasteiger partial charge in [0.2, 0.25) is 10.0 Å². The fourth-order valence-corrected chi connectivity index (χ4v) is 7.21. The summed E-state index contributed by atoms with van der Waals surface area (Å²) in [4.78, 5) is 22.4. The first-order valence-electron chi connectivity index (χ1n) is 13.4. The van der Waals surface area contributed by atoms with Gasteiger partial charge in [-0.2, -0.15) is 4.31 Å². The lowest BCUT2D eigenvalue weighted by atomic mass is 10.1. The van der Waals surface area contributed by atoms with E-state index in [0.29, 0.717) is 12.1 Å². The van der Waals surface area contributed by atoms with Crippen LogP contribution in [-0.4, -0.2) is 108 Å². The smallest absolute Gasteiger partial charge is 0.251 e. The average molecular weight is 590 g/mol. The third kappa shape index (κ3) is 7.17. The van der Waals surface area contributed by atoms with E-state index in [1.54, 1.807) is 23.5 Å². The maximum atomic E-state index is 13.1. The van der Waals surface area contributed by atoms with Crippen molar-refractivity contribution < 1.29 is 22.7 Å². The lowest BCUT2D eigenvalue weighted by Crippen LogP contribution is -2.48. The molecule has 2 aromatic carbocycles. The van der Waals surface area contributed by atoms with Crippen molar-refractivity contribution in [2.75, 3.05) is 84.7 Å². The number of hydrogen-bond acceptors (Lipinski definition) is 9.